The Labute approximate surface area is 108 Å². The van der Waals surface area contributed by atoms with Crippen LogP contribution in [-0.2, 0) is 9.53 Å². The van der Waals surface area contributed by atoms with Crippen LogP contribution in [0.1, 0.15) is 74.1 Å². The Morgan fingerprint density at radius 1 is 0.882 bits per heavy atom. The topological polar surface area (TPSA) is 26.3 Å². The number of methoxy groups -OCH3 is 1. The van der Waals surface area contributed by atoms with Gasteiger partial charge in [-0.1, -0.05) is 67.7 Å². The molecule has 2 nitrogen and oxygen atoms in total. The van der Waals surface area contributed by atoms with Gasteiger partial charge in [0.1, 0.15) is 0 Å². The fourth-order valence-electron chi connectivity index (χ4n) is 0.838. The zero-order valence-electron chi connectivity index (χ0n) is 13.1. The van der Waals surface area contributed by atoms with E-state index in [1.807, 2.05) is 0 Å². The third kappa shape index (κ3) is 11.7. The van der Waals surface area contributed by atoms with E-state index < -0.39 is 0 Å². The molecular formula is C15H32O2. The first kappa shape index (κ1) is 18.8. The van der Waals surface area contributed by atoms with Crippen LogP contribution in [0.5, 0.6) is 0 Å². The maximum absolute atomic E-state index is 10.8. The molecule has 0 aliphatic carbocycles. The molecule has 0 saturated heterocycles. The lowest BCUT2D eigenvalue weighted by molar-refractivity contribution is -0.142. The van der Waals surface area contributed by atoms with Gasteiger partial charge < -0.3 is 4.74 Å². The molecule has 0 aromatic carbocycles. The summed E-state index contributed by atoms with van der Waals surface area (Å²) >= 11 is 0. The van der Waals surface area contributed by atoms with E-state index >= 15 is 0 Å². The van der Waals surface area contributed by atoms with Crippen molar-refractivity contribution >= 4 is 5.97 Å². The maximum atomic E-state index is 10.8. The number of esters is 1. The lowest BCUT2D eigenvalue weighted by atomic mass is 9.87. The van der Waals surface area contributed by atoms with Crippen LogP contribution in [0.15, 0.2) is 0 Å². The highest BCUT2D eigenvalue weighted by molar-refractivity contribution is 5.69. The van der Waals surface area contributed by atoms with Crippen LogP contribution < -0.4 is 0 Å². The fraction of sp³-hybridized carbons (Fsp3) is 0.933. The van der Waals surface area contributed by atoms with Crippen LogP contribution in [0.2, 0.25) is 0 Å². The van der Waals surface area contributed by atoms with Crippen LogP contribution in [0, 0.1) is 10.8 Å². The first-order chi connectivity index (χ1) is 7.64. The molecule has 2 heteroatoms. The van der Waals surface area contributed by atoms with E-state index in [2.05, 4.69) is 53.2 Å². The molecule has 0 rings (SSSR count). The summed E-state index contributed by atoms with van der Waals surface area (Å²) in [6.07, 6.45) is 4.11. The number of ether oxygens (including phenoxy) is 1. The lowest BCUT2D eigenvalue weighted by Gasteiger charge is -2.19. The van der Waals surface area contributed by atoms with Gasteiger partial charge in [-0.2, -0.15) is 0 Å². The predicted octanol–water partition coefficient (Wildman–Crippen LogP) is 4.82. The zero-order chi connectivity index (χ0) is 14.1. The second kappa shape index (κ2) is 8.54. The molecule has 0 aliphatic rings. The summed E-state index contributed by atoms with van der Waals surface area (Å²) in [5, 5.41) is 0. The van der Waals surface area contributed by atoms with E-state index in [-0.39, 0.29) is 11.4 Å². The van der Waals surface area contributed by atoms with Gasteiger partial charge in [-0.25, -0.2) is 0 Å². The molecule has 0 radical (unpaired) electrons. The monoisotopic (exact) mass is 244 g/mol. The Bertz CT molecular complexity index is 199. The number of hydrogen-bond acceptors (Lipinski definition) is 2. The van der Waals surface area contributed by atoms with Crippen LogP contribution in [-0.4, -0.2) is 13.1 Å². The Hall–Kier alpha value is -0.530. The van der Waals surface area contributed by atoms with Crippen molar-refractivity contribution in [3.8, 4) is 0 Å². The third-order valence-electron chi connectivity index (χ3n) is 3.72. The van der Waals surface area contributed by atoms with Crippen LogP contribution in [0.4, 0.5) is 0 Å². The Kier molecular flexibility index (Phi) is 9.46. The van der Waals surface area contributed by atoms with Gasteiger partial charge >= 0.3 is 5.97 Å². The normalized spacial score (nSPS) is 11.5. The van der Waals surface area contributed by atoms with Gasteiger partial charge in [0.15, 0.2) is 0 Å². The molecule has 104 valence electrons. The van der Waals surface area contributed by atoms with Crippen LogP contribution >= 0.6 is 0 Å². The zero-order valence-corrected chi connectivity index (χ0v) is 13.1. The molecule has 0 N–H and O–H groups in total. The van der Waals surface area contributed by atoms with Crippen molar-refractivity contribution in [1.82, 2.24) is 0 Å². The highest BCUT2D eigenvalue weighted by atomic mass is 16.5. The van der Waals surface area contributed by atoms with E-state index in [0.29, 0.717) is 11.8 Å². The van der Waals surface area contributed by atoms with Gasteiger partial charge in [0.2, 0.25) is 0 Å². The fourth-order valence-corrected chi connectivity index (χ4v) is 0.838. The summed E-state index contributed by atoms with van der Waals surface area (Å²) in [4.78, 5) is 10.8. The van der Waals surface area contributed by atoms with Gasteiger partial charge in [0.25, 0.3) is 0 Å². The summed E-state index contributed by atoms with van der Waals surface area (Å²) < 4.78 is 4.55. The van der Waals surface area contributed by atoms with Crippen molar-refractivity contribution in [3.05, 3.63) is 0 Å². The first-order valence-electron chi connectivity index (χ1n) is 6.71. The molecule has 0 aliphatic heterocycles. The van der Waals surface area contributed by atoms with Crippen LogP contribution in [0.3, 0.4) is 0 Å². The van der Waals surface area contributed by atoms with Gasteiger partial charge in [-0.15, -0.1) is 0 Å². The summed E-state index contributed by atoms with van der Waals surface area (Å²) in [7, 11) is 1.42. The van der Waals surface area contributed by atoms with E-state index in [4.69, 9.17) is 0 Å². The number of rotatable bonds is 5. The van der Waals surface area contributed by atoms with E-state index in [0.717, 1.165) is 6.42 Å². The Balaban J connectivity index is 0. The van der Waals surface area contributed by atoms with Crippen molar-refractivity contribution in [2.75, 3.05) is 7.11 Å². The molecule has 0 bridgehead atoms. The maximum Gasteiger partial charge on any atom is 0.306 e. The molecule has 0 saturated carbocycles. The highest BCUT2D eigenvalue weighted by Crippen LogP contribution is 2.24. The average molecular weight is 244 g/mol. The minimum atomic E-state index is -0.119. The Morgan fingerprint density at radius 3 is 1.41 bits per heavy atom. The van der Waals surface area contributed by atoms with Gasteiger partial charge in [-0.3, -0.25) is 4.79 Å². The summed E-state index contributed by atoms with van der Waals surface area (Å²) in [6.45, 7) is 15.3. The number of hydrogen-bond donors (Lipinski definition) is 0. The second-order valence-electron chi connectivity index (χ2n) is 6.14. The summed E-state index contributed by atoms with van der Waals surface area (Å²) in [5.74, 6) is -0.119. The van der Waals surface area contributed by atoms with E-state index in [1.54, 1.807) is 0 Å². The predicted molar refractivity (Wildman–Crippen MR) is 75.1 cm³/mol. The summed E-state index contributed by atoms with van der Waals surface area (Å²) in [6, 6.07) is 0. The van der Waals surface area contributed by atoms with E-state index in [1.165, 1.54) is 20.0 Å². The molecule has 0 heterocycles. The Morgan fingerprint density at radius 2 is 1.24 bits per heavy atom. The number of carbonyl (C=O) groups excluding carboxylic acids is 1. The quantitative estimate of drug-likeness (QED) is 0.648. The minimum absolute atomic E-state index is 0.0904. The molecule has 0 aromatic heterocycles. The molecule has 0 atom stereocenters. The van der Waals surface area contributed by atoms with Gasteiger partial charge in [-0.05, 0) is 10.8 Å². The van der Waals surface area contributed by atoms with E-state index in [9.17, 15) is 4.79 Å². The molecule has 0 unspecified atom stereocenters. The van der Waals surface area contributed by atoms with Crippen LogP contribution in [0.25, 0.3) is 0 Å². The smallest absolute Gasteiger partial charge is 0.306 e. The molecule has 0 amide bonds. The van der Waals surface area contributed by atoms with Crippen molar-refractivity contribution in [2.24, 2.45) is 10.8 Å². The molecule has 17 heavy (non-hydrogen) atoms. The second-order valence-corrected chi connectivity index (χ2v) is 6.14. The van der Waals surface area contributed by atoms with Crippen molar-refractivity contribution in [2.45, 2.75) is 74.1 Å². The SMILES string of the molecule is CCC(C)(C)CC.CCC(C)(C)CC(=O)OC. The first-order valence-corrected chi connectivity index (χ1v) is 6.71. The largest absolute Gasteiger partial charge is 0.469 e. The van der Waals surface area contributed by atoms with Gasteiger partial charge in [0, 0.05) is 0 Å². The van der Waals surface area contributed by atoms with Crippen molar-refractivity contribution in [3.63, 3.8) is 0 Å². The van der Waals surface area contributed by atoms with Crippen molar-refractivity contribution in [1.29, 1.82) is 0 Å². The standard InChI is InChI=1S/C8H16O2.C7H16/c1-5-8(2,3)6-7(9)10-4;1-5-7(3,4)6-2/h5-6H2,1-4H3;5-6H2,1-4H3. The highest BCUT2D eigenvalue weighted by Gasteiger charge is 2.19. The molecule has 0 aromatic rings. The van der Waals surface area contributed by atoms with Gasteiger partial charge in [0.05, 0.1) is 13.5 Å². The third-order valence-corrected chi connectivity index (χ3v) is 3.72. The summed E-state index contributed by atoms with van der Waals surface area (Å²) in [5.41, 5.74) is 0.674. The lowest BCUT2D eigenvalue weighted by Crippen LogP contribution is -2.16. The molecule has 0 spiro atoms. The average Bonchev–Trinajstić information content (AvgIpc) is 2.29. The number of carbonyl (C=O) groups is 1. The minimum Gasteiger partial charge on any atom is -0.469 e. The molecule has 0 fully saturated rings. The molecular weight excluding hydrogens is 212 g/mol. The van der Waals surface area contributed by atoms with Crippen molar-refractivity contribution < 1.29 is 9.53 Å².